The lowest BCUT2D eigenvalue weighted by molar-refractivity contribution is 0.115. The second kappa shape index (κ2) is 7.24. The molecule has 3 nitrogen and oxygen atoms in total. The Hall–Kier alpha value is -1.85. The van der Waals surface area contributed by atoms with E-state index in [1.165, 1.54) is 30.3 Å². The van der Waals surface area contributed by atoms with Gasteiger partial charge in [0.05, 0.1) is 10.7 Å². The van der Waals surface area contributed by atoms with Crippen LogP contribution >= 0.6 is 11.6 Å². The van der Waals surface area contributed by atoms with E-state index in [0.717, 1.165) is 0 Å². The van der Waals surface area contributed by atoms with Crippen molar-refractivity contribution in [3.05, 3.63) is 59.1 Å². The van der Waals surface area contributed by atoms with Crippen molar-refractivity contribution >= 4 is 17.3 Å². The number of aliphatic hydroxyl groups is 1. The lowest BCUT2D eigenvalue weighted by Gasteiger charge is -2.15. The van der Waals surface area contributed by atoms with Crippen LogP contribution in [0.4, 0.5) is 14.5 Å². The van der Waals surface area contributed by atoms with E-state index in [1.807, 2.05) is 0 Å². The molecule has 0 heterocycles. The van der Waals surface area contributed by atoms with Crippen molar-refractivity contribution < 1.29 is 18.6 Å². The number of hydrogen-bond acceptors (Lipinski definition) is 3. The summed E-state index contributed by atoms with van der Waals surface area (Å²) in [5.41, 5.74) is 0.376. The molecule has 0 aliphatic rings. The molecule has 0 fully saturated rings. The minimum absolute atomic E-state index is 0.0698. The smallest absolute Gasteiger partial charge is 0.165 e. The van der Waals surface area contributed by atoms with Crippen LogP contribution in [-0.4, -0.2) is 24.4 Å². The molecule has 0 amide bonds. The van der Waals surface area contributed by atoms with Crippen molar-refractivity contribution in [3.8, 4) is 5.75 Å². The van der Waals surface area contributed by atoms with Crippen molar-refractivity contribution in [1.29, 1.82) is 0 Å². The van der Waals surface area contributed by atoms with Crippen LogP contribution < -0.4 is 10.1 Å². The minimum atomic E-state index is -0.899. The fraction of sp³-hybridized carbons (Fsp3) is 0.200. The van der Waals surface area contributed by atoms with Gasteiger partial charge in [0.15, 0.2) is 11.6 Å². The molecule has 0 aliphatic heterocycles. The zero-order valence-electron chi connectivity index (χ0n) is 11.0. The van der Waals surface area contributed by atoms with Gasteiger partial charge in [-0.1, -0.05) is 23.7 Å². The van der Waals surface area contributed by atoms with E-state index in [0.29, 0.717) is 10.7 Å². The van der Waals surface area contributed by atoms with Crippen molar-refractivity contribution in [1.82, 2.24) is 0 Å². The van der Waals surface area contributed by atoms with Crippen molar-refractivity contribution in [3.63, 3.8) is 0 Å². The van der Waals surface area contributed by atoms with Gasteiger partial charge in [-0.15, -0.1) is 0 Å². The zero-order valence-corrected chi connectivity index (χ0v) is 11.8. The van der Waals surface area contributed by atoms with Gasteiger partial charge in [0, 0.05) is 6.54 Å². The maximum atomic E-state index is 13.3. The highest BCUT2D eigenvalue weighted by Crippen LogP contribution is 2.22. The number of halogens is 3. The summed E-state index contributed by atoms with van der Waals surface area (Å²) in [4.78, 5) is 0. The SMILES string of the molecule is OC(CNc1cc(F)ccc1Cl)COc1ccccc1F. The second-order valence-electron chi connectivity index (χ2n) is 4.40. The molecule has 0 spiro atoms. The Kier molecular flexibility index (Phi) is 5.36. The molecule has 0 aromatic heterocycles. The largest absolute Gasteiger partial charge is 0.488 e. The maximum Gasteiger partial charge on any atom is 0.165 e. The second-order valence-corrected chi connectivity index (χ2v) is 4.81. The first-order valence-electron chi connectivity index (χ1n) is 6.30. The van der Waals surface area contributed by atoms with E-state index < -0.39 is 17.7 Å². The van der Waals surface area contributed by atoms with Gasteiger partial charge in [-0.2, -0.15) is 0 Å². The Balaban J connectivity index is 1.84. The highest BCUT2D eigenvalue weighted by molar-refractivity contribution is 6.33. The van der Waals surface area contributed by atoms with E-state index in [-0.39, 0.29) is 18.9 Å². The number of para-hydroxylation sites is 1. The summed E-state index contributed by atoms with van der Waals surface area (Å²) < 4.78 is 31.5. The first-order valence-corrected chi connectivity index (χ1v) is 6.68. The Morgan fingerprint density at radius 3 is 2.71 bits per heavy atom. The topological polar surface area (TPSA) is 41.5 Å². The molecule has 0 bridgehead atoms. The van der Waals surface area contributed by atoms with Gasteiger partial charge in [-0.25, -0.2) is 8.78 Å². The van der Waals surface area contributed by atoms with Gasteiger partial charge in [-0.05, 0) is 30.3 Å². The molecule has 6 heteroatoms. The van der Waals surface area contributed by atoms with Crippen LogP contribution in [0.2, 0.25) is 5.02 Å². The third kappa shape index (κ3) is 4.58. The van der Waals surface area contributed by atoms with Gasteiger partial charge in [0.2, 0.25) is 0 Å². The van der Waals surface area contributed by atoms with Gasteiger partial charge in [0.1, 0.15) is 18.5 Å². The Labute approximate surface area is 126 Å². The number of anilines is 1. The first-order chi connectivity index (χ1) is 10.1. The van der Waals surface area contributed by atoms with Crippen LogP contribution in [0.1, 0.15) is 0 Å². The molecule has 0 saturated carbocycles. The minimum Gasteiger partial charge on any atom is -0.488 e. The van der Waals surface area contributed by atoms with Crippen LogP contribution in [0.5, 0.6) is 5.75 Å². The normalized spacial score (nSPS) is 12.0. The van der Waals surface area contributed by atoms with E-state index in [1.54, 1.807) is 12.1 Å². The summed E-state index contributed by atoms with van der Waals surface area (Å²) in [5, 5.41) is 12.9. The molecule has 2 aromatic carbocycles. The molecule has 2 aromatic rings. The summed E-state index contributed by atoms with van der Waals surface area (Å²) in [6.07, 6.45) is -0.899. The molecule has 1 atom stereocenters. The summed E-state index contributed by atoms with van der Waals surface area (Å²) in [6.45, 7) is -0.00149. The number of rotatable bonds is 6. The van der Waals surface area contributed by atoms with Crippen LogP contribution in [0.25, 0.3) is 0 Å². The molecule has 0 saturated heterocycles. The predicted molar refractivity (Wildman–Crippen MR) is 77.8 cm³/mol. The Morgan fingerprint density at radius 2 is 1.95 bits per heavy atom. The highest BCUT2D eigenvalue weighted by atomic mass is 35.5. The Morgan fingerprint density at radius 1 is 1.19 bits per heavy atom. The standard InChI is InChI=1S/C15H14ClF2NO2/c16-12-6-5-10(17)7-14(12)19-8-11(20)9-21-15-4-2-1-3-13(15)18/h1-7,11,19-20H,8-9H2. The third-order valence-electron chi connectivity index (χ3n) is 2.72. The molecule has 1 unspecified atom stereocenters. The quantitative estimate of drug-likeness (QED) is 0.858. The average Bonchev–Trinajstić information content (AvgIpc) is 2.47. The fourth-order valence-corrected chi connectivity index (χ4v) is 1.85. The average molecular weight is 314 g/mol. The molecular weight excluding hydrogens is 300 g/mol. The van der Waals surface area contributed by atoms with Crippen LogP contribution in [0.3, 0.4) is 0 Å². The summed E-state index contributed by atoms with van der Waals surface area (Å²) in [5.74, 6) is -0.856. The van der Waals surface area contributed by atoms with Gasteiger partial charge in [0.25, 0.3) is 0 Å². The lowest BCUT2D eigenvalue weighted by atomic mass is 10.3. The summed E-state index contributed by atoms with van der Waals surface area (Å²) >= 11 is 5.88. The number of aliphatic hydroxyl groups excluding tert-OH is 1. The maximum absolute atomic E-state index is 13.3. The van der Waals surface area contributed by atoms with Crippen molar-refractivity contribution in [2.45, 2.75) is 6.10 Å². The molecule has 0 aliphatic carbocycles. The van der Waals surface area contributed by atoms with E-state index in [9.17, 15) is 13.9 Å². The van der Waals surface area contributed by atoms with Gasteiger partial charge in [-0.3, -0.25) is 0 Å². The monoisotopic (exact) mass is 313 g/mol. The van der Waals surface area contributed by atoms with E-state index in [2.05, 4.69) is 5.32 Å². The summed E-state index contributed by atoms with van der Waals surface area (Å²) in [6, 6.07) is 9.81. The number of hydrogen-bond donors (Lipinski definition) is 2. The number of benzene rings is 2. The van der Waals surface area contributed by atoms with E-state index >= 15 is 0 Å². The zero-order chi connectivity index (χ0) is 15.2. The van der Waals surface area contributed by atoms with Gasteiger partial charge < -0.3 is 15.2 Å². The van der Waals surface area contributed by atoms with Crippen LogP contribution in [0.15, 0.2) is 42.5 Å². The van der Waals surface area contributed by atoms with Crippen LogP contribution in [-0.2, 0) is 0 Å². The third-order valence-corrected chi connectivity index (χ3v) is 3.05. The molecular formula is C15H14ClF2NO2. The van der Waals surface area contributed by atoms with E-state index in [4.69, 9.17) is 16.3 Å². The fourth-order valence-electron chi connectivity index (χ4n) is 1.67. The molecule has 0 radical (unpaired) electrons. The molecule has 112 valence electrons. The molecule has 21 heavy (non-hydrogen) atoms. The van der Waals surface area contributed by atoms with Crippen LogP contribution in [0, 0.1) is 11.6 Å². The van der Waals surface area contributed by atoms with Crippen molar-refractivity contribution in [2.75, 3.05) is 18.5 Å². The van der Waals surface area contributed by atoms with Gasteiger partial charge >= 0.3 is 0 Å². The highest BCUT2D eigenvalue weighted by Gasteiger charge is 2.09. The number of nitrogens with one attached hydrogen (secondary N) is 1. The Bertz CT molecular complexity index is 610. The van der Waals surface area contributed by atoms with Crippen molar-refractivity contribution in [2.24, 2.45) is 0 Å². The first kappa shape index (κ1) is 15.5. The lowest BCUT2D eigenvalue weighted by Crippen LogP contribution is -2.26. The predicted octanol–water partition coefficient (Wildman–Crippen LogP) is 3.47. The summed E-state index contributed by atoms with van der Waals surface area (Å²) in [7, 11) is 0. The molecule has 2 N–H and O–H groups in total. The number of ether oxygens (including phenoxy) is 1. The molecule has 2 rings (SSSR count).